The zero-order valence-corrected chi connectivity index (χ0v) is 14.8. The highest BCUT2D eigenvalue weighted by molar-refractivity contribution is 5.93. The summed E-state index contributed by atoms with van der Waals surface area (Å²) in [5.74, 6) is 1.55. The predicted octanol–water partition coefficient (Wildman–Crippen LogP) is 2.70. The number of anilines is 2. The fourth-order valence-corrected chi connectivity index (χ4v) is 3.53. The van der Waals surface area contributed by atoms with Crippen LogP contribution in [0.3, 0.4) is 0 Å². The third-order valence-electron chi connectivity index (χ3n) is 4.95. The van der Waals surface area contributed by atoms with Gasteiger partial charge in [-0.25, -0.2) is 9.97 Å². The van der Waals surface area contributed by atoms with Crippen LogP contribution in [0.1, 0.15) is 19.8 Å². The molecule has 0 saturated carbocycles. The maximum atomic E-state index is 12.7. The van der Waals surface area contributed by atoms with Gasteiger partial charge in [0.2, 0.25) is 11.9 Å². The van der Waals surface area contributed by atoms with Gasteiger partial charge >= 0.3 is 0 Å². The Bertz CT molecular complexity index is 899. The van der Waals surface area contributed by atoms with Crippen LogP contribution in [0.2, 0.25) is 0 Å². The van der Waals surface area contributed by atoms with Crippen molar-refractivity contribution in [3.8, 4) is 0 Å². The molecule has 0 unspecified atom stereocenters. The third kappa shape index (κ3) is 3.12. The Labute approximate surface area is 152 Å². The first kappa shape index (κ1) is 16.5. The molecular weight excluding hydrogens is 328 g/mol. The highest BCUT2D eigenvalue weighted by atomic mass is 16.2. The molecule has 3 aromatic rings. The summed E-state index contributed by atoms with van der Waals surface area (Å²) in [6, 6.07) is 7.95. The summed E-state index contributed by atoms with van der Waals surface area (Å²) in [5, 5.41) is 3.04. The van der Waals surface area contributed by atoms with E-state index < -0.39 is 0 Å². The smallest absolute Gasteiger partial charge is 0.229 e. The number of rotatable bonds is 4. The van der Waals surface area contributed by atoms with Crippen LogP contribution in [-0.4, -0.2) is 38.5 Å². The minimum Gasteiger partial charge on any atom is -0.355 e. The van der Waals surface area contributed by atoms with E-state index in [0.717, 1.165) is 49.3 Å². The Morgan fingerprint density at radius 3 is 2.77 bits per heavy atom. The molecule has 0 radical (unpaired) electrons. The van der Waals surface area contributed by atoms with Crippen molar-refractivity contribution in [2.24, 2.45) is 5.92 Å². The van der Waals surface area contributed by atoms with Gasteiger partial charge in [-0.05, 0) is 31.9 Å². The van der Waals surface area contributed by atoms with Gasteiger partial charge in [-0.2, -0.15) is 0 Å². The lowest BCUT2D eigenvalue weighted by Crippen LogP contribution is -2.38. The van der Waals surface area contributed by atoms with Crippen LogP contribution in [0.4, 0.5) is 11.8 Å². The number of imidazole rings is 1. The van der Waals surface area contributed by atoms with Gasteiger partial charge in [0.1, 0.15) is 5.82 Å². The molecule has 3 heterocycles. The number of benzene rings is 1. The minimum atomic E-state index is -0.00644. The van der Waals surface area contributed by atoms with Crippen molar-refractivity contribution in [1.82, 2.24) is 19.5 Å². The SMILES string of the molecule is CCn1c(NC(=O)C2CCN(c3cnccn3)CC2)nc2ccccc21. The second-order valence-corrected chi connectivity index (χ2v) is 6.48. The number of piperidine rings is 1. The summed E-state index contributed by atoms with van der Waals surface area (Å²) in [4.78, 5) is 28.0. The number of nitrogens with one attached hydrogen (secondary N) is 1. The Morgan fingerprint density at radius 1 is 1.23 bits per heavy atom. The number of hydrogen-bond acceptors (Lipinski definition) is 5. The molecule has 1 fully saturated rings. The molecule has 1 saturated heterocycles. The quantitative estimate of drug-likeness (QED) is 0.783. The van der Waals surface area contributed by atoms with Crippen molar-refractivity contribution in [2.75, 3.05) is 23.3 Å². The first-order valence-electron chi connectivity index (χ1n) is 9.03. The second kappa shape index (κ2) is 7.11. The van der Waals surface area contributed by atoms with E-state index >= 15 is 0 Å². The lowest BCUT2D eigenvalue weighted by atomic mass is 9.96. The van der Waals surface area contributed by atoms with Crippen LogP contribution >= 0.6 is 0 Å². The molecule has 0 aliphatic carbocycles. The molecule has 1 aliphatic heterocycles. The standard InChI is InChI=1S/C19H22N6O/c1-2-25-16-6-4-3-5-15(16)22-19(25)23-18(26)14-7-11-24(12-8-14)17-13-20-9-10-21-17/h3-6,9-10,13-14H,2,7-8,11-12H2,1H3,(H,22,23,26). The first-order valence-corrected chi connectivity index (χ1v) is 9.03. The summed E-state index contributed by atoms with van der Waals surface area (Å²) in [5.41, 5.74) is 1.95. The second-order valence-electron chi connectivity index (χ2n) is 6.48. The highest BCUT2D eigenvalue weighted by Crippen LogP contribution is 2.24. The van der Waals surface area contributed by atoms with E-state index in [1.165, 1.54) is 0 Å². The van der Waals surface area contributed by atoms with E-state index in [1.54, 1.807) is 18.6 Å². The van der Waals surface area contributed by atoms with Gasteiger partial charge in [-0.1, -0.05) is 12.1 Å². The van der Waals surface area contributed by atoms with Gasteiger partial charge < -0.3 is 9.47 Å². The van der Waals surface area contributed by atoms with E-state index in [2.05, 4.69) is 32.1 Å². The molecule has 26 heavy (non-hydrogen) atoms. The number of nitrogens with zero attached hydrogens (tertiary/aromatic N) is 5. The van der Waals surface area contributed by atoms with Crippen molar-refractivity contribution < 1.29 is 4.79 Å². The molecule has 2 aromatic heterocycles. The summed E-state index contributed by atoms with van der Waals surface area (Å²) in [6.45, 7) is 4.44. The van der Waals surface area contributed by atoms with Crippen molar-refractivity contribution in [3.63, 3.8) is 0 Å². The topological polar surface area (TPSA) is 75.9 Å². The lowest BCUT2D eigenvalue weighted by Gasteiger charge is -2.31. The van der Waals surface area contributed by atoms with Gasteiger partial charge in [0.15, 0.2) is 0 Å². The van der Waals surface area contributed by atoms with Gasteiger partial charge in [-0.15, -0.1) is 0 Å². The maximum Gasteiger partial charge on any atom is 0.229 e. The van der Waals surface area contributed by atoms with E-state index in [-0.39, 0.29) is 11.8 Å². The largest absolute Gasteiger partial charge is 0.355 e. The van der Waals surface area contributed by atoms with E-state index in [4.69, 9.17) is 0 Å². The lowest BCUT2D eigenvalue weighted by molar-refractivity contribution is -0.120. The number of fused-ring (bicyclic) bond motifs is 1. The fraction of sp³-hybridized carbons (Fsp3) is 0.368. The molecule has 1 aliphatic rings. The van der Waals surface area contributed by atoms with Gasteiger partial charge in [-0.3, -0.25) is 15.1 Å². The van der Waals surface area contributed by atoms with Crippen LogP contribution in [0.5, 0.6) is 0 Å². The number of carbonyl (C=O) groups is 1. The molecule has 0 bridgehead atoms. The van der Waals surface area contributed by atoms with Crippen LogP contribution in [-0.2, 0) is 11.3 Å². The Hall–Kier alpha value is -2.96. The van der Waals surface area contributed by atoms with Gasteiger partial charge in [0.25, 0.3) is 0 Å². The van der Waals surface area contributed by atoms with Gasteiger partial charge in [0, 0.05) is 37.9 Å². The zero-order chi connectivity index (χ0) is 17.9. The summed E-state index contributed by atoms with van der Waals surface area (Å²) < 4.78 is 2.04. The molecule has 4 rings (SSSR count). The van der Waals surface area contributed by atoms with Crippen molar-refractivity contribution in [3.05, 3.63) is 42.9 Å². The average molecular weight is 350 g/mol. The Kier molecular flexibility index (Phi) is 4.51. The monoisotopic (exact) mass is 350 g/mol. The fourth-order valence-electron chi connectivity index (χ4n) is 3.53. The Balaban J connectivity index is 1.43. The molecule has 0 spiro atoms. The number of para-hydroxylation sites is 2. The average Bonchev–Trinajstić information content (AvgIpc) is 3.05. The van der Waals surface area contributed by atoms with E-state index in [9.17, 15) is 4.79 Å². The van der Waals surface area contributed by atoms with Crippen LogP contribution < -0.4 is 10.2 Å². The van der Waals surface area contributed by atoms with Gasteiger partial charge in [0.05, 0.1) is 17.2 Å². The highest BCUT2D eigenvalue weighted by Gasteiger charge is 2.26. The van der Waals surface area contributed by atoms with E-state index in [0.29, 0.717) is 5.95 Å². The molecule has 0 atom stereocenters. The number of amides is 1. The summed E-state index contributed by atoms with van der Waals surface area (Å²) in [6.07, 6.45) is 6.74. The van der Waals surface area contributed by atoms with Crippen molar-refractivity contribution in [2.45, 2.75) is 26.3 Å². The van der Waals surface area contributed by atoms with Crippen molar-refractivity contribution >= 4 is 28.7 Å². The maximum absolute atomic E-state index is 12.7. The molecule has 1 aromatic carbocycles. The van der Waals surface area contributed by atoms with Crippen LogP contribution in [0.25, 0.3) is 11.0 Å². The number of hydrogen-bond donors (Lipinski definition) is 1. The summed E-state index contributed by atoms with van der Waals surface area (Å²) >= 11 is 0. The number of aromatic nitrogens is 4. The minimum absolute atomic E-state index is 0.00644. The summed E-state index contributed by atoms with van der Waals surface area (Å²) in [7, 11) is 0. The van der Waals surface area contributed by atoms with Crippen LogP contribution in [0.15, 0.2) is 42.9 Å². The molecule has 7 nitrogen and oxygen atoms in total. The molecule has 1 amide bonds. The first-order chi connectivity index (χ1) is 12.8. The van der Waals surface area contributed by atoms with Crippen molar-refractivity contribution in [1.29, 1.82) is 0 Å². The third-order valence-corrected chi connectivity index (χ3v) is 4.95. The Morgan fingerprint density at radius 2 is 2.04 bits per heavy atom. The normalized spacial score (nSPS) is 15.3. The molecular formula is C19H22N6O. The zero-order valence-electron chi connectivity index (χ0n) is 14.8. The number of carbonyl (C=O) groups excluding carboxylic acids is 1. The number of aryl methyl sites for hydroxylation is 1. The predicted molar refractivity (Wildman–Crippen MR) is 101 cm³/mol. The molecule has 134 valence electrons. The van der Waals surface area contributed by atoms with Crippen LogP contribution in [0, 0.1) is 5.92 Å². The molecule has 1 N–H and O–H groups in total. The molecule has 7 heteroatoms. The van der Waals surface area contributed by atoms with E-state index in [1.807, 2.05) is 28.8 Å².